The summed E-state index contributed by atoms with van der Waals surface area (Å²) in [6, 6.07) is 5.79. The van der Waals surface area contributed by atoms with Crippen molar-refractivity contribution in [1.82, 2.24) is 0 Å². The SMILES string of the molecule is O=C(COc1ccc(Br)cc1F)c1cc(Cl)sc1Cl. The maximum Gasteiger partial charge on any atom is 0.202 e. The zero-order valence-electron chi connectivity index (χ0n) is 9.25. The summed E-state index contributed by atoms with van der Waals surface area (Å²) in [5.74, 6) is -0.888. The molecule has 2 nitrogen and oxygen atoms in total. The minimum Gasteiger partial charge on any atom is -0.482 e. The predicted octanol–water partition coefficient (Wildman–Crippen LogP) is 5.22. The number of halogens is 4. The van der Waals surface area contributed by atoms with Crippen LogP contribution in [0.3, 0.4) is 0 Å². The molecule has 0 spiro atoms. The fraction of sp³-hybridized carbons (Fsp3) is 0.0833. The van der Waals surface area contributed by atoms with Crippen molar-refractivity contribution in [3.63, 3.8) is 0 Å². The van der Waals surface area contributed by atoms with Gasteiger partial charge in [0.15, 0.2) is 18.2 Å². The summed E-state index contributed by atoms with van der Waals surface area (Å²) in [7, 11) is 0. The fourth-order valence-corrected chi connectivity index (χ4v) is 3.18. The van der Waals surface area contributed by atoms with Crippen molar-refractivity contribution in [3.8, 4) is 5.75 Å². The third kappa shape index (κ3) is 3.69. The van der Waals surface area contributed by atoms with E-state index in [2.05, 4.69) is 15.9 Å². The van der Waals surface area contributed by atoms with E-state index in [9.17, 15) is 9.18 Å². The Morgan fingerprint density at radius 2 is 2.11 bits per heavy atom. The lowest BCUT2D eigenvalue weighted by molar-refractivity contribution is 0.0919. The van der Waals surface area contributed by atoms with Gasteiger partial charge in [-0.25, -0.2) is 4.39 Å². The average molecular weight is 384 g/mol. The number of ketones is 1. The zero-order valence-corrected chi connectivity index (χ0v) is 13.2. The van der Waals surface area contributed by atoms with E-state index < -0.39 is 5.82 Å². The van der Waals surface area contributed by atoms with Crippen LogP contribution in [-0.4, -0.2) is 12.4 Å². The van der Waals surface area contributed by atoms with Crippen molar-refractivity contribution in [2.75, 3.05) is 6.61 Å². The van der Waals surface area contributed by atoms with E-state index in [0.29, 0.717) is 13.1 Å². The Hall–Kier alpha value is -0.620. The van der Waals surface area contributed by atoms with Gasteiger partial charge >= 0.3 is 0 Å². The number of hydrogen-bond acceptors (Lipinski definition) is 3. The van der Waals surface area contributed by atoms with Gasteiger partial charge in [0, 0.05) is 4.47 Å². The molecule has 0 aliphatic heterocycles. The number of thiophene rings is 1. The highest BCUT2D eigenvalue weighted by molar-refractivity contribution is 9.10. The van der Waals surface area contributed by atoms with Gasteiger partial charge in [0.2, 0.25) is 5.78 Å². The van der Waals surface area contributed by atoms with Crippen molar-refractivity contribution < 1.29 is 13.9 Å². The smallest absolute Gasteiger partial charge is 0.202 e. The monoisotopic (exact) mass is 382 g/mol. The summed E-state index contributed by atoms with van der Waals surface area (Å²) >= 11 is 15.8. The largest absolute Gasteiger partial charge is 0.482 e. The van der Waals surface area contributed by atoms with Crippen LogP contribution in [0.4, 0.5) is 4.39 Å². The van der Waals surface area contributed by atoms with E-state index >= 15 is 0 Å². The van der Waals surface area contributed by atoms with Gasteiger partial charge in [-0.3, -0.25) is 4.79 Å². The Kier molecular flexibility index (Phi) is 4.84. The third-order valence-corrected chi connectivity index (χ3v) is 4.19. The molecule has 0 fully saturated rings. The normalized spacial score (nSPS) is 10.5. The van der Waals surface area contributed by atoms with Crippen LogP contribution in [0.25, 0.3) is 0 Å². The molecule has 0 radical (unpaired) electrons. The minimum absolute atomic E-state index is 0.00833. The van der Waals surface area contributed by atoms with Gasteiger partial charge in [-0.15, -0.1) is 11.3 Å². The molecule has 0 atom stereocenters. The zero-order chi connectivity index (χ0) is 14.0. The van der Waals surface area contributed by atoms with Gasteiger partial charge in [-0.2, -0.15) is 0 Å². The number of hydrogen-bond donors (Lipinski definition) is 0. The summed E-state index contributed by atoms with van der Waals surface area (Å²) in [6.07, 6.45) is 0. The van der Waals surface area contributed by atoms with Gasteiger partial charge in [0.1, 0.15) is 4.34 Å². The lowest BCUT2D eigenvalue weighted by Gasteiger charge is -2.06. The van der Waals surface area contributed by atoms with Gasteiger partial charge in [-0.05, 0) is 24.3 Å². The molecule has 0 saturated heterocycles. The topological polar surface area (TPSA) is 26.3 Å². The summed E-state index contributed by atoms with van der Waals surface area (Å²) in [5.41, 5.74) is 0.286. The highest BCUT2D eigenvalue weighted by Crippen LogP contribution is 2.31. The van der Waals surface area contributed by atoms with Crippen LogP contribution in [0.5, 0.6) is 5.75 Å². The first-order chi connectivity index (χ1) is 8.97. The van der Waals surface area contributed by atoms with Crippen molar-refractivity contribution in [2.45, 2.75) is 0 Å². The molecule has 0 aliphatic carbocycles. The molecule has 1 heterocycles. The maximum absolute atomic E-state index is 13.5. The Balaban J connectivity index is 2.06. The number of ether oxygens (including phenoxy) is 1. The number of benzene rings is 1. The van der Waals surface area contributed by atoms with Crippen molar-refractivity contribution in [1.29, 1.82) is 0 Å². The molecule has 1 aromatic carbocycles. The van der Waals surface area contributed by atoms with E-state index in [1.165, 1.54) is 18.2 Å². The highest BCUT2D eigenvalue weighted by atomic mass is 79.9. The van der Waals surface area contributed by atoms with E-state index in [-0.39, 0.29) is 23.7 Å². The van der Waals surface area contributed by atoms with E-state index in [4.69, 9.17) is 27.9 Å². The molecule has 0 amide bonds. The Labute approximate surface area is 131 Å². The average Bonchev–Trinajstić information content (AvgIpc) is 2.67. The predicted molar refractivity (Wildman–Crippen MR) is 78.3 cm³/mol. The lowest BCUT2D eigenvalue weighted by atomic mass is 10.2. The molecular weight excluding hydrogens is 378 g/mol. The molecule has 1 aromatic heterocycles. The van der Waals surface area contributed by atoms with Crippen LogP contribution in [0.15, 0.2) is 28.7 Å². The van der Waals surface area contributed by atoms with Crippen LogP contribution in [0.2, 0.25) is 8.67 Å². The molecule has 0 aliphatic rings. The summed E-state index contributed by atoms with van der Waals surface area (Å²) in [4.78, 5) is 11.8. The standard InChI is InChI=1S/C12H6BrCl2FO2S/c13-6-1-2-10(8(16)3-6)18-5-9(17)7-4-11(14)19-12(7)15/h1-4H,5H2. The lowest BCUT2D eigenvalue weighted by Crippen LogP contribution is -2.11. The first-order valence-corrected chi connectivity index (χ1v) is 7.40. The molecule has 2 rings (SSSR count). The van der Waals surface area contributed by atoms with Crippen LogP contribution in [0.1, 0.15) is 10.4 Å². The van der Waals surface area contributed by atoms with E-state index in [1.807, 2.05) is 0 Å². The second-order valence-corrected chi connectivity index (χ2v) is 6.73. The van der Waals surface area contributed by atoms with Crippen LogP contribution < -0.4 is 4.74 Å². The van der Waals surface area contributed by atoms with E-state index in [0.717, 1.165) is 11.3 Å². The summed E-state index contributed by atoms with van der Waals surface area (Å²) in [5, 5.41) is 0. The molecule has 7 heteroatoms. The van der Waals surface area contributed by atoms with Crippen molar-refractivity contribution in [3.05, 3.63) is 48.8 Å². The Bertz CT molecular complexity index is 630. The first-order valence-electron chi connectivity index (χ1n) is 5.03. The molecule has 0 bridgehead atoms. The Morgan fingerprint density at radius 3 is 2.68 bits per heavy atom. The summed E-state index contributed by atoms with van der Waals surface area (Å²) < 4.78 is 19.9. The molecule has 19 heavy (non-hydrogen) atoms. The van der Waals surface area contributed by atoms with Crippen LogP contribution in [-0.2, 0) is 0 Å². The molecule has 0 saturated carbocycles. The van der Waals surface area contributed by atoms with Gasteiger partial charge in [-0.1, -0.05) is 39.1 Å². The third-order valence-electron chi connectivity index (χ3n) is 2.21. The number of carbonyl (C=O) groups is 1. The quantitative estimate of drug-likeness (QED) is 0.676. The van der Waals surface area contributed by atoms with Gasteiger partial charge < -0.3 is 4.74 Å². The van der Waals surface area contributed by atoms with Gasteiger partial charge in [0.05, 0.1) is 9.90 Å². The molecule has 0 N–H and O–H groups in total. The number of rotatable bonds is 4. The highest BCUT2D eigenvalue weighted by Gasteiger charge is 2.15. The van der Waals surface area contributed by atoms with E-state index in [1.54, 1.807) is 6.07 Å². The first kappa shape index (κ1) is 14.8. The van der Waals surface area contributed by atoms with Gasteiger partial charge in [0.25, 0.3) is 0 Å². The Morgan fingerprint density at radius 1 is 1.37 bits per heavy atom. The number of Topliss-reactive ketones (excluding diaryl/α,β-unsaturated/α-hetero) is 1. The second kappa shape index (κ2) is 6.22. The second-order valence-electron chi connectivity index (χ2n) is 3.52. The fourth-order valence-electron chi connectivity index (χ4n) is 1.34. The molecule has 0 unspecified atom stereocenters. The minimum atomic E-state index is -0.545. The maximum atomic E-state index is 13.5. The molecule has 2 aromatic rings. The molecular formula is C12H6BrCl2FO2S. The van der Waals surface area contributed by atoms with Crippen LogP contribution in [0, 0.1) is 5.82 Å². The number of carbonyl (C=O) groups excluding carboxylic acids is 1. The van der Waals surface area contributed by atoms with Crippen molar-refractivity contribution >= 4 is 56.3 Å². The molecule has 100 valence electrons. The van der Waals surface area contributed by atoms with Crippen LogP contribution >= 0.6 is 50.5 Å². The summed E-state index contributed by atoms with van der Waals surface area (Å²) in [6.45, 7) is -0.300. The van der Waals surface area contributed by atoms with Crippen molar-refractivity contribution in [2.24, 2.45) is 0 Å².